The maximum atomic E-state index is 13.8. The highest BCUT2D eigenvalue weighted by Gasteiger charge is 2.31. The van der Waals surface area contributed by atoms with Gasteiger partial charge in [-0.2, -0.15) is 5.10 Å². The Morgan fingerprint density at radius 2 is 2.00 bits per heavy atom. The molecule has 0 saturated heterocycles. The maximum Gasteiger partial charge on any atom is 0.244 e. The van der Waals surface area contributed by atoms with Gasteiger partial charge in [-0.1, -0.05) is 0 Å². The van der Waals surface area contributed by atoms with Crippen LogP contribution in [0.15, 0.2) is 17.0 Å². The summed E-state index contributed by atoms with van der Waals surface area (Å²) in [6, 6.07) is -0.245. The van der Waals surface area contributed by atoms with Crippen LogP contribution in [0.3, 0.4) is 0 Å². The second kappa shape index (κ2) is 6.73. The molecule has 7 nitrogen and oxygen atoms in total. The molecule has 0 bridgehead atoms. The number of ether oxygens (including phenoxy) is 1. The van der Waals surface area contributed by atoms with Gasteiger partial charge in [0.1, 0.15) is 23.1 Å². The van der Waals surface area contributed by atoms with Gasteiger partial charge in [0, 0.05) is 19.7 Å². The molecule has 1 aromatic carbocycles. The van der Waals surface area contributed by atoms with E-state index in [0.717, 1.165) is 0 Å². The van der Waals surface area contributed by atoms with Crippen molar-refractivity contribution >= 4 is 10.0 Å². The van der Waals surface area contributed by atoms with E-state index in [0.29, 0.717) is 37.1 Å². The van der Waals surface area contributed by atoms with E-state index in [9.17, 15) is 21.6 Å². The summed E-state index contributed by atoms with van der Waals surface area (Å²) in [6.07, 6.45) is 1.03. The molecule has 0 spiro atoms. The van der Waals surface area contributed by atoms with Crippen molar-refractivity contribution in [3.8, 4) is 0 Å². The second-order valence-electron chi connectivity index (χ2n) is 5.56. The van der Waals surface area contributed by atoms with E-state index in [4.69, 9.17) is 4.74 Å². The van der Waals surface area contributed by atoms with Crippen LogP contribution < -0.4 is 4.72 Å². The Balaban J connectivity index is 1.91. The first-order valence-corrected chi connectivity index (χ1v) is 8.89. The Labute approximate surface area is 141 Å². The first-order chi connectivity index (χ1) is 11.8. The third-order valence-corrected chi connectivity index (χ3v) is 5.24. The van der Waals surface area contributed by atoms with Crippen LogP contribution in [0.1, 0.15) is 30.5 Å². The maximum absolute atomic E-state index is 13.8. The number of benzene rings is 1. The summed E-state index contributed by atoms with van der Waals surface area (Å²) in [7, 11) is -2.94. The number of rotatable bonds is 5. The first-order valence-electron chi connectivity index (χ1n) is 7.41. The Kier molecular flexibility index (Phi) is 4.80. The van der Waals surface area contributed by atoms with Crippen molar-refractivity contribution in [2.45, 2.75) is 36.9 Å². The van der Waals surface area contributed by atoms with Crippen molar-refractivity contribution in [1.82, 2.24) is 19.5 Å². The van der Waals surface area contributed by atoms with Crippen molar-refractivity contribution in [1.29, 1.82) is 0 Å². The van der Waals surface area contributed by atoms with Crippen molar-refractivity contribution in [2.75, 3.05) is 7.11 Å². The minimum atomic E-state index is -4.42. The third-order valence-electron chi connectivity index (χ3n) is 3.75. The number of hydrogen-bond donors (Lipinski definition) is 1. The van der Waals surface area contributed by atoms with E-state index < -0.39 is 38.4 Å². The van der Waals surface area contributed by atoms with Crippen LogP contribution in [0, 0.1) is 17.5 Å². The minimum absolute atomic E-state index is 0.164. The SMILES string of the molecule is COCc1nc2n(n1)CCC[C@H]2NS(=O)(=O)c1cc(F)c(F)cc1F. The second-order valence-corrected chi connectivity index (χ2v) is 7.24. The number of hydrogen-bond acceptors (Lipinski definition) is 5. The van der Waals surface area contributed by atoms with Gasteiger partial charge in [-0.15, -0.1) is 0 Å². The number of aryl methyl sites for hydroxylation is 1. The third kappa shape index (κ3) is 3.53. The lowest BCUT2D eigenvalue weighted by atomic mass is 10.1. The van der Waals surface area contributed by atoms with E-state index >= 15 is 0 Å². The van der Waals surface area contributed by atoms with E-state index in [1.54, 1.807) is 4.68 Å². The summed E-state index contributed by atoms with van der Waals surface area (Å²) in [5.74, 6) is -3.52. The predicted octanol–water partition coefficient (Wildman–Crippen LogP) is 1.66. The lowest BCUT2D eigenvalue weighted by Gasteiger charge is -2.23. The molecule has 25 heavy (non-hydrogen) atoms. The quantitative estimate of drug-likeness (QED) is 0.802. The van der Waals surface area contributed by atoms with Gasteiger partial charge in [0.05, 0.1) is 6.04 Å². The number of nitrogens with one attached hydrogen (secondary N) is 1. The van der Waals surface area contributed by atoms with Gasteiger partial charge in [-0.25, -0.2) is 36.0 Å². The highest BCUT2D eigenvalue weighted by atomic mass is 32.2. The molecule has 0 unspecified atom stereocenters. The fourth-order valence-corrected chi connectivity index (χ4v) is 3.96. The zero-order chi connectivity index (χ0) is 18.2. The molecule has 136 valence electrons. The molecule has 1 aromatic heterocycles. The summed E-state index contributed by atoms with van der Waals surface area (Å²) in [5.41, 5.74) is 0. The number of halogens is 3. The van der Waals surface area contributed by atoms with Gasteiger partial charge >= 0.3 is 0 Å². The number of aromatic nitrogens is 3. The average molecular weight is 376 g/mol. The van der Waals surface area contributed by atoms with Crippen LogP contribution in [0.4, 0.5) is 13.2 Å². The lowest BCUT2D eigenvalue weighted by Crippen LogP contribution is -2.33. The molecule has 0 amide bonds. The number of nitrogens with zero attached hydrogens (tertiary/aromatic N) is 3. The smallest absolute Gasteiger partial charge is 0.244 e. The lowest BCUT2D eigenvalue weighted by molar-refractivity contribution is 0.177. The zero-order valence-electron chi connectivity index (χ0n) is 13.2. The van der Waals surface area contributed by atoms with Crippen LogP contribution in [0.5, 0.6) is 0 Å². The molecule has 0 radical (unpaired) electrons. The highest BCUT2D eigenvalue weighted by molar-refractivity contribution is 7.89. The van der Waals surface area contributed by atoms with Crippen molar-refractivity contribution in [2.24, 2.45) is 0 Å². The number of methoxy groups -OCH3 is 1. The normalized spacial score (nSPS) is 17.5. The molecule has 2 aromatic rings. The van der Waals surface area contributed by atoms with Gasteiger partial charge in [0.15, 0.2) is 17.5 Å². The van der Waals surface area contributed by atoms with Crippen molar-refractivity contribution in [3.05, 3.63) is 41.2 Å². The fourth-order valence-electron chi connectivity index (χ4n) is 2.66. The van der Waals surface area contributed by atoms with E-state index in [2.05, 4.69) is 14.8 Å². The molecule has 2 heterocycles. The van der Waals surface area contributed by atoms with Gasteiger partial charge in [-0.05, 0) is 18.9 Å². The molecule has 1 aliphatic rings. The average Bonchev–Trinajstić information content (AvgIpc) is 2.94. The van der Waals surface area contributed by atoms with Crippen molar-refractivity contribution < 1.29 is 26.3 Å². The molecular formula is C14H15F3N4O3S. The predicted molar refractivity (Wildman–Crippen MR) is 79.3 cm³/mol. The molecule has 1 aliphatic heterocycles. The first kappa shape index (κ1) is 17.8. The van der Waals surface area contributed by atoms with E-state index in [1.807, 2.05) is 0 Å². The Morgan fingerprint density at radius 3 is 2.72 bits per heavy atom. The van der Waals surface area contributed by atoms with E-state index in [1.165, 1.54) is 7.11 Å². The molecule has 3 rings (SSSR count). The van der Waals surface area contributed by atoms with Gasteiger partial charge in [0.25, 0.3) is 0 Å². The van der Waals surface area contributed by atoms with E-state index in [-0.39, 0.29) is 12.7 Å². The van der Waals surface area contributed by atoms with Crippen LogP contribution in [-0.2, 0) is 27.9 Å². The monoisotopic (exact) mass is 376 g/mol. The number of fused-ring (bicyclic) bond motifs is 1. The highest BCUT2D eigenvalue weighted by Crippen LogP contribution is 2.27. The molecule has 0 aliphatic carbocycles. The fraction of sp³-hybridized carbons (Fsp3) is 0.429. The van der Waals surface area contributed by atoms with Gasteiger partial charge < -0.3 is 4.74 Å². The Bertz CT molecular complexity index is 901. The summed E-state index contributed by atoms with van der Waals surface area (Å²) in [6.45, 7) is 0.723. The standard InChI is InChI=1S/C14H15F3N4O3S/c1-24-7-13-18-14-11(3-2-4-21(14)19-13)20-25(22,23)12-6-9(16)8(15)5-10(12)17/h5-6,11,20H,2-4,7H2,1H3/t11-/m1/s1. The molecule has 1 atom stereocenters. The molecule has 1 N–H and O–H groups in total. The van der Waals surface area contributed by atoms with Crippen LogP contribution >= 0.6 is 0 Å². The summed E-state index contributed by atoms with van der Waals surface area (Å²) in [5, 5.41) is 4.20. The largest absolute Gasteiger partial charge is 0.377 e. The van der Waals surface area contributed by atoms with Crippen LogP contribution in [-0.4, -0.2) is 30.3 Å². The Hall–Kier alpha value is -1.98. The summed E-state index contributed by atoms with van der Waals surface area (Å²) >= 11 is 0. The Morgan fingerprint density at radius 1 is 1.28 bits per heavy atom. The number of sulfonamides is 1. The molecule has 11 heteroatoms. The minimum Gasteiger partial charge on any atom is -0.377 e. The zero-order valence-corrected chi connectivity index (χ0v) is 14.0. The summed E-state index contributed by atoms with van der Waals surface area (Å²) < 4.78 is 73.7. The topological polar surface area (TPSA) is 86.1 Å². The summed E-state index contributed by atoms with van der Waals surface area (Å²) in [4.78, 5) is 3.27. The molecule has 0 saturated carbocycles. The van der Waals surface area contributed by atoms with Crippen molar-refractivity contribution in [3.63, 3.8) is 0 Å². The molecular weight excluding hydrogens is 361 g/mol. The van der Waals surface area contributed by atoms with Gasteiger partial charge in [0.2, 0.25) is 10.0 Å². The molecule has 0 fully saturated rings. The van der Waals surface area contributed by atoms with Crippen LogP contribution in [0.2, 0.25) is 0 Å². The van der Waals surface area contributed by atoms with Crippen LogP contribution in [0.25, 0.3) is 0 Å². The van der Waals surface area contributed by atoms with Gasteiger partial charge in [-0.3, -0.25) is 0 Å².